The zero-order chi connectivity index (χ0) is 21.1. The van der Waals surface area contributed by atoms with Crippen LogP contribution in [0.1, 0.15) is 53.6 Å². The molecule has 1 aromatic heterocycles. The topological polar surface area (TPSA) is 72.7 Å². The van der Waals surface area contributed by atoms with Crippen LogP contribution >= 0.6 is 11.8 Å². The number of hydrogen-bond acceptors (Lipinski definition) is 5. The molecule has 0 radical (unpaired) electrons. The molecule has 0 saturated heterocycles. The van der Waals surface area contributed by atoms with Crippen molar-refractivity contribution in [3.05, 3.63) is 64.2 Å². The van der Waals surface area contributed by atoms with Gasteiger partial charge in [-0.3, -0.25) is 4.79 Å². The molecule has 1 amide bonds. The summed E-state index contributed by atoms with van der Waals surface area (Å²) in [6.07, 6.45) is 4.84. The second-order valence-electron chi connectivity index (χ2n) is 7.98. The standard InChI is InChI=1S/C23H27N5OS/c1-15-8-11-21(16(2)12-15)28-23(25-26-27-28)30-14-22(29)24-17(3)19-10-9-18-6-4-5-7-20(18)13-19/h8-13,17H,4-7,14H2,1-3H3,(H,24,29)/t17-/m0/s1. The summed E-state index contributed by atoms with van der Waals surface area (Å²) in [5.74, 6) is 0.237. The molecule has 7 heteroatoms. The molecule has 30 heavy (non-hydrogen) atoms. The highest BCUT2D eigenvalue weighted by molar-refractivity contribution is 7.99. The first-order valence-corrected chi connectivity index (χ1v) is 11.4. The van der Waals surface area contributed by atoms with E-state index in [0.717, 1.165) is 23.2 Å². The number of nitrogens with zero attached hydrogens (tertiary/aromatic N) is 4. The maximum atomic E-state index is 12.6. The van der Waals surface area contributed by atoms with Gasteiger partial charge in [0.15, 0.2) is 0 Å². The summed E-state index contributed by atoms with van der Waals surface area (Å²) in [6, 6.07) is 12.7. The largest absolute Gasteiger partial charge is 0.349 e. The van der Waals surface area contributed by atoms with E-state index in [1.54, 1.807) is 4.68 Å². The summed E-state index contributed by atoms with van der Waals surface area (Å²) in [5, 5.41) is 15.7. The molecule has 0 bridgehead atoms. The maximum absolute atomic E-state index is 12.6. The maximum Gasteiger partial charge on any atom is 0.230 e. The third kappa shape index (κ3) is 4.56. The number of aromatic nitrogens is 4. The van der Waals surface area contributed by atoms with Crippen LogP contribution in [0.2, 0.25) is 0 Å². The molecule has 156 valence electrons. The monoisotopic (exact) mass is 421 g/mol. The number of tetrazole rings is 1. The Bertz CT molecular complexity index is 1060. The molecule has 1 atom stereocenters. The summed E-state index contributed by atoms with van der Waals surface area (Å²) in [7, 11) is 0. The number of benzene rings is 2. The second-order valence-corrected chi connectivity index (χ2v) is 8.92. The zero-order valence-electron chi connectivity index (χ0n) is 17.7. The summed E-state index contributed by atoms with van der Waals surface area (Å²) >= 11 is 1.34. The SMILES string of the molecule is Cc1ccc(-n2nnnc2SCC(=O)N[C@@H](C)c2ccc3c(c2)CCCC3)c(C)c1. The molecule has 3 aromatic rings. The predicted molar refractivity (Wildman–Crippen MR) is 119 cm³/mol. The van der Waals surface area contributed by atoms with Gasteiger partial charge in [-0.2, -0.15) is 4.68 Å². The van der Waals surface area contributed by atoms with E-state index in [4.69, 9.17) is 0 Å². The number of carbonyl (C=O) groups is 1. The van der Waals surface area contributed by atoms with E-state index >= 15 is 0 Å². The van der Waals surface area contributed by atoms with E-state index in [2.05, 4.69) is 52.0 Å². The number of thioether (sulfide) groups is 1. The van der Waals surface area contributed by atoms with E-state index in [1.165, 1.54) is 47.7 Å². The van der Waals surface area contributed by atoms with Crippen molar-refractivity contribution in [2.75, 3.05) is 5.75 Å². The van der Waals surface area contributed by atoms with Crippen molar-refractivity contribution in [2.24, 2.45) is 0 Å². The minimum atomic E-state index is -0.0274. The minimum Gasteiger partial charge on any atom is -0.349 e. The fraction of sp³-hybridized carbons (Fsp3) is 0.391. The molecule has 1 heterocycles. The van der Waals surface area contributed by atoms with Gasteiger partial charge in [0.1, 0.15) is 0 Å². The number of amides is 1. The molecule has 1 aliphatic rings. The number of nitrogens with one attached hydrogen (secondary N) is 1. The first-order valence-electron chi connectivity index (χ1n) is 10.4. The van der Waals surface area contributed by atoms with Crippen molar-refractivity contribution >= 4 is 17.7 Å². The quantitative estimate of drug-likeness (QED) is 0.606. The van der Waals surface area contributed by atoms with Crippen molar-refractivity contribution < 1.29 is 4.79 Å². The van der Waals surface area contributed by atoms with Crippen LogP contribution in [0.5, 0.6) is 0 Å². The van der Waals surface area contributed by atoms with Crippen LogP contribution in [0.4, 0.5) is 0 Å². The number of fused-ring (bicyclic) bond motifs is 1. The number of hydrogen-bond donors (Lipinski definition) is 1. The lowest BCUT2D eigenvalue weighted by Crippen LogP contribution is -2.28. The fourth-order valence-corrected chi connectivity index (χ4v) is 4.68. The van der Waals surface area contributed by atoms with E-state index in [1.807, 2.05) is 26.0 Å². The van der Waals surface area contributed by atoms with Gasteiger partial charge in [0, 0.05) is 0 Å². The van der Waals surface area contributed by atoms with Gasteiger partial charge >= 0.3 is 0 Å². The van der Waals surface area contributed by atoms with E-state index in [-0.39, 0.29) is 17.7 Å². The van der Waals surface area contributed by atoms with Crippen molar-refractivity contribution in [3.63, 3.8) is 0 Å². The third-order valence-corrected chi connectivity index (χ3v) is 6.52. The molecule has 0 aliphatic heterocycles. The normalized spacial score (nSPS) is 14.2. The molecule has 1 aliphatic carbocycles. The van der Waals surface area contributed by atoms with Crippen LogP contribution in [0.3, 0.4) is 0 Å². The van der Waals surface area contributed by atoms with Crippen molar-refractivity contribution in [1.29, 1.82) is 0 Å². The van der Waals surface area contributed by atoms with Gasteiger partial charge in [-0.05, 0) is 85.2 Å². The van der Waals surface area contributed by atoms with Crippen molar-refractivity contribution in [2.45, 2.75) is 57.7 Å². The van der Waals surface area contributed by atoms with Crippen LogP contribution in [-0.4, -0.2) is 31.9 Å². The molecular formula is C23H27N5OS. The Hall–Kier alpha value is -2.67. The first kappa shape index (κ1) is 20.6. The smallest absolute Gasteiger partial charge is 0.230 e. The van der Waals surface area contributed by atoms with Crippen LogP contribution in [0.25, 0.3) is 5.69 Å². The van der Waals surface area contributed by atoms with E-state index in [9.17, 15) is 4.79 Å². The number of rotatable bonds is 6. The van der Waals surface area contributed by atoms with Gasteiger partial charge in [0.25, 0.3) is 0 Å². The van der Waals surface area contributed by atoms with Gasteiger partial charge in [0.05, 0.1) is 17.5 Å². The van der Waals surface area contributed by atoms with E-state index < -0.39 is 0 Å². The Labute approximate surface area is 181 Å². The van der Waals surface area contributed by atoms with Crippen LogP contribution in [0.15, 0.2) is 41.6 Å². The van der Waals surface area contributed by atoms with Crippen molar-refractivity contribution in [3.8, 4) is 5.69 Å². The predicted octanol–water partition coefficient (Wildman–Crippen LogP) is 4.13. The summed E-state index contributed by atoms with van der Waals surface area (Å²) in [6.45, 7) is 6.12. The van der Waals surface area contributed by atoms with Crippen LogP contribution in [-0.2, 0) is 17.6 Å². The van der Waals surface area contributed by atoms with Crippen molar-refractivity contribution in [1.82, 2.24) is 25.5 Å². The highest BCUT2D eigenvalue weighted by Crippen LogP contribution is 2.25. The molecule has 0 unspecified atom stereocenters. The lowest BCUT2D eigenvalue weighted by Gasteiger charge is -2.20. The molecule has 6 nitrogen and oxygen atoms in total. The highest BCUT2D eigenvalue weighted by Gasteiger charge is 2.16. The molecule has 0 saturated carbocycles. The average Bonchev–Trinajstić information content (AvgIpc) is 3.20. The van der Waals surface area contributed by atoms with Gasteiger partial charge < -0.3 is 5.32 Å². The number of aryl methyl sites for hydroxylation is 4. The number of carbonyl (C=O) groups excluding carboxylic acids is 1. The Balaban J connectivity index is 1.38. The Morgan fingerprint density at radius 2 is 1.93 bits per heavy atom. The van der Waals surface area contributed by atoms with Crippen LogP contribution in [0, 0.1) is 13.8 Å². The first-order chi connectivity index (χ1) is 14.5. The van der Waals surface area contributed by atoms with Crippen LogP contribution < -0.4 is 5.32 Å². The molecule has 0 spiro atoms. The Morgan fingerprint density at radius 1 is 1.13 bits per heavy atom. The minimum absolute atomic E-state index is 0.0272. The summed E-state index contributed by atoms with van der Waals surface area (Å²) < 4.78 is 1.69. The van der Waals surface area contributed by atoms with Gasteiger partial charge in [-0.25, -0.2) is 0 Å². The highest BCUT2D eigenvalue weighted by atomic mass is 32.2. The third-order valence-electron chi connectivity index (χ3n) is 5.60. The molecule has 1 N–H and O–H groups in total. The van der Waals surface area contributed by atoms with E-state index in [0.29, 0.717) is 5.16 Å². The lowest BCUT2D eigenvalue weighted by molar-refractivity contribution is -0.119. The summed E-state index contributed by atoms with van der Waals surface area (Å²) in [5.41, 5.74) is 7.26. The molecule has 4 rings (SSSR count). The second kappa shape index (κ2) is 9.00. The summed E-state index contributed by atoms with van der Waals surface area (Å²) in [4.78, 5) is 12.6. The van der Waals surface area contributed by atoms with Gasteiger partial charge in [-0.1, -0.05) is 47.7 Å². The molecule has 2 aromatic carbocycles. The van der Waals surface area contributed by atoms with Gasteiger partial charge in [0.2, 0.25) is 11.1 Å². The average molecular weight is 422 g/mol. The molecule has 0 fully saturated rings. The van der Waals surface area contributed by atoms with Gasteiger partial charge in [-0.15, -0.1) is 5.10 Å². The Morgan fingerprint density at radius 3 is 2.73 bits per heavy atom. The Kier molecular flexibility index (Phi) is 6.18. The molecular weight excluding hydrogens is 394 g/mol. The zero-order valence-corrected chi connectivity index (χ0v) is 18.5. The fourth-order valence-electron chi connectivity index (χ4n) is 3.98. The lowest BCUT2D eigenvalue weighted by atomic mass is 9.89.